The maximum atomic E-state index is 6.10. The van der Waals surface area contributed by atoms with Gasteiger partial charge < -0.3 is 14.5 Å². The molecule has 0 aliphatic carbocycles. The minimum Gasteiger partial charge on any atom is -0.494 e. The van der Waals surface area contributed by atoms with Gasteiger partial charge in [-0.1, -0.05) is 24.6 Å². The van der Waals surface area contributed by atoms with Crippen molar-refractivity contribution in [1.82, 2.24) is 9.88 Å². The summed E-state index contributed by atoms with van der Waals surface area (Å²) < 4.78 is 6.10. The zero-order chi connectivity index (χ0) is 22.5. The van der Waals surface area contributed by atoms with Crippen molar-refractivity contribution in [3.05, 3.63) is 65.9 Å². The molecule has 4 heteroatoms. The molecule has 0 spiro atoms. The third-order valence-electron chi connectivity index (χ3n) is 7.38. The molecule has 0 N–H and O–H groups in total. The van der Waals surface area contributed by atoms with Crippen LogP contribution in [0.1, 0.15) is 62.6 Å². The van der Waals surface area contributed by atoms with Gasteiger partial charge in [-0.15, -0.1) is 0 Å². The number of fused-ring (bicyclic) bond motifs is 2. The summed E-state index contributed by atoms with van der Waals surface area (Å²) in [5, 5.41) is 1.16. The number of aromatic nitrogens is 1. The molecule has 1 fully saturated rings. The summed E-state index contributed by atoms with van der Waals surface area (Å²) in [6, 6.07) is 17.7. The molecule has 0 saturated carbocycles. The first-order valence-corrected chi connectivity index (χ1v) is 12.9. The number of hydrogen-bond acceptors (Lipinski definition) is 4. The van der Waals surface area contributed by atoms with Gasteiger partial charge in [-0.2, -0.15) is 0 Å². The van der Waals surface area contributed by atoms with E-state index in [1.54, 1.807) is 0 Å². The summed E-state index contributed by atoms with van der Waals surface area (Å²) in [6.07, 6.45) is 11.0. The summed E-state index contributed by atoms with van der Waals surface area (Å²) in [6.45, 7) is 8.00. The Kier molecular flexibility index (Phi) is 7.11. The Labute approximate surface area is 198 Å². The minimum absolute atomic E-state index is 0.301. The zero-order valence-electron chi connectivity index (χ0n) is 20.0. The van der Waals surface area contributed by atoms with E-state index in [0.717, 1.165) is 42.6 Å². The van der Waals surface area contributed by atoms with Crippen LogP contribution >= 0.6 is 0 Å². The lowest BCUT2D eigenvalue weighted by molar-refractivity contribution is 0.221. The van der Waals surface area contributed by atoms with Crippen LogP contribution in [0.2, 0.25) is 0 Å². The molecular weight excluding hydrogens is 406 g/mol. The lowest BCUT2D eigenvalue weighted by atomic mass is 10.1. The van der Waals surface area contributed by atoms with Crippen molar-refractivity contribution in [2.45, 2.75) is 57.9 Å². The van der Waals surface area contributed by atoms with Crippen LogP contribution in [0, 0.1) is 0 Å². The molecule has 0 amide bonds. The van der Waals surface area contributed by atoms with Crippen LogP contribution in [0.4, 0.5) is 5.69 Å². The third kappa shape index (κ3) is 5.33. The molecule has 0 radical (unpaired) electrons. The Morgan fingerprint density at radius 1 is 0.939 bits per heavy atom. The molecule has 2 aromatic carbocycles. The van der Waals surface area contributed by atoms with Gasteiger partial charge in [-0.3, -0.25) is 4.98 Å². The highest BCUT2D eigenvalue weighted by Crippen LogP contribution is 2.35. The van der Waals surface area contributed by atoms with Crippen LogP contribution in [-0.2, 0) is 6.42 Å². The van der Waals surface area contributed by atoms with E-state index >= 15 is 0 Å². The molecule has 3 heterocycles. The van der Waals surface area contributed by atoms with E-state index in [0.29, 0.717) is 6.04 Å². The fourth-order valence-electron chi connectivity index (χ4n) is 5.38. The van der Waals surface area contributed by atoms with Gasteiger partial charge in [0.15, 0.2) is 0 Å². The summed E-state index contributed by atoms with van der Waals surface area (Å²) in [7, 11) is 0. The van der Waals surface area contributed by atoms with E-state index in [2.05, 4.69) is 65.3 Å². The molecule has 3 aromatic rings. The monoisotopic (exact) mass is 443 g/mol. The standard InChI is InChI=1S/C29H37N3O/c1-23(32-18-14-24-10-4-5-11-29(24)32)26-20-25-21-27(12-13-28(25)30-22-26)33-19-9-3-8-17-31-15-6-2-7-16-31/h4-5,10-13,20-23H,2-3,6-9,14-19H2,1H3/t23-/m0/s1. The smallest absolute Gasteiger partial charge is 0.120 e. The van der Waals surface area contributed by atoms with Crippen LogP contribution in [-0.4, -0.2) is 42.7 Å². The van der Waals surface area contributed by atoms with Crippen LogP contribution in [0.15, 0.2) is 54.7 Å². The number of benzene rings is 2. The van der Waals surface area contributed by atoms with Gasteiger partial charge >= 0.3 is 0 Å². The number of likely N-dealkylation sites (tertiary alicyclic amines) is 1. The second-order valence-electron chi connectivity index (χ2n) is 9.68. The van der Waals surface area contributed by atoms with Crippen molar-refractivity contribution in [2.24, 2.45) is 0 Å². The topological polar surface area (TPSA) is 28.6 Å². The first kappa shape index (κ1) is 22.2. The Hall–Kier alpha value is -2.59. The van der Waals surface area contributed by atoms with Crippen LogP contribution in [0.25, 0.3) is 10.9 Å². The molecule has 1 aromatic heterocycles. The lowest BCUT2D eigenvalue weighted by Crippen LogP contribution is -2.30. The maximum absolute atomic E-state index is 6.10. The van der Waals surface area contributed by atoms with Gasteiger partial charge in [0.1, 0.15) is 5.75 Å². The average Bonchev–Trinajstić information content (AvgIpc) is 3.30. The Morgan fingerprint density at radius 2 is 1.82 bits per heavy atom. The highest BCUT2D eigenvalue weighted by molar-refractivity contribution is 5.80. The van der Waals surface area contributed by atoms with Crippen molar-refractivity contribution in [2.75, 3.05) is 37.7 Å². The average molecular weight is 444 g/mol. The quantitative estimate of drug-likeness (QED) is 0.358. The molecule has 5 rings (SSSR count). The van der Waals surface area contributed by atoms with E-state index in [4.69, 9.17) is 9.72 Å². The van der Waals surface area contributed by atoms with Gasteiger partial charge in [-0.05, 0) is 107 Å². The zero-order valence-corrected chi connectivity index (χ0v) is 20.0. The highest BCUT2D eigenvalue weighted by Gasteiger charge is 2.24. The maximum Gasteiger partial charge on any atom is 0.120 e. The number of ether oxygens (including phenoxy) is 1. The molecule has 4 nitrogen and oxygen atoms in total. The van der Waals surface area contributed by atoms with Gasteiger partial charge in [0.05, 0.1) is 18.2 Å². The van der Waals surface area contributed by atoms with E-state index in [1.807, 2.05) is 6.20 Å². The number of hydrogen-bond donors (Lipinski definition) is 0. The summed E-state index contributed by atoms with van der Waals surface area (Å²) in [5.41, 5.74) is 5.10. The number of rotatable bonds is 9. The third-order valence-corrected chi connectivity index (χ3v) is 7.38. The van der Waals surface area contributed by atoms with Gasteiger partial charge in [0.25, 0.3) is 0 Å². The minimum atomic E-state index is 0.301. The van der Waals surface area contributed by atoms with E-state index in [-0.39, 0.29) is 0 Å². The first-order chi connectivity index (χ1) is 16.3. The number of para-hydroxylation sites is 1. The normalized spacial score (nSPS) is 17.3. The summed E-state index contributed by atoms with van der Waals surface area (Å²) in [5.74, 6) is 0.955. The van der Waals surface area contributed by atoms with Crippen molar-refractivity contribution in [1.29, 1.82) is 0 Å². The Balaban J connectivity index is 1.16. The number of nitrogens with zero attached hydrogens (tertiary/aromatic N) is 3. The molecule has 174 valence electrons. The highest BCUT2D eigenvalue weighted by atomic mass is 16.5. The predicted molar refractivity (Wildman–Crippen MR) is 137 cm³/mol. The fourth-order valence-corrected chi connectivity index (χ4v) is 5.38. The van der Waals surface area contributed by atoms with Crippen molar-refractivity contribution < 1.29 is 4.74 Å². The van der Waals surface area contributed by atoms with E-state index in [9.17, 15) is 0 Å². The van der Waals surface area contributed by atoms with Crippen LogP contribution in [0.5, 0.6) is 5.75 Å². The molecule has 1 saturated heterocycles. The van der Waals surface area contributed by atoms with Crippen molar-refractivity contribution in [3.63, 3.8) is 0 Å². The van der Waals surface area contributed by atoms with E-state index in [1.165, 1.54) is 68.6 Å². The summed E-state index contributed by atoms with van der Waals surface area (Å²) >= 11 is 0. The molecule has 2 aliphatic heterocycles. The molecule has 0 unspecified atom stereocenters. The van der Waals surface area contributed by atoms with Gasteiger partial charge in [0, 0.05) is 23.8 Å². The van der Waals surface area contributed by atoms with E-state index < -0.39 is 0 Å². The number of piperidine rings is 1. The first-order valence-electron chi connectivity index (χ1n) is 12.9. The number of unbranched alkanes of at least 4 members (excludes halogenated alkanes) is 2. The lowest BCUT2D eigenvalue weighted by Gasteiger charge is -2.27. The summed E-state index contributed by atoms with van der Waals surface area (Å²) in [4.78, 5) is 9.88. The predicted octanol–water partition coefficient (Wildman–Crippen LogP) is 6.39. The molecule has 2 aliphatic rings. The largest absolute Gasteiger partial charge is 0.494 e. The van der Waals surface area contributed by atoms with Crippen LogP contribution < -0.4 is 9.64 Å². The molecule has 33 heavy (non-hydrogen) atoms. The second-order valence-corrected chi connectivity index (χ2v) is 9.68. The molecule has 0 bridgehead atoms. The Morgan fingerprint density at radius 3 is 2.73 bits per heavy atom. The SMILES string of the molecule is C[C@@H](c1cnc2ccc(OCCCCCN3CCCCC3)cc2c1)N1CCc2ccccc21. The Bertz CT molecular complexity index is 1060. The van der Waals surface area contributed by atoms with Crippen molar-refractivity contribution >= 4 is 16.6 Å². The molecule has 1 atom stereocenters. The number of anilines is 1. The second kappa shape index (κ2) is 10.6. The van der Waals surface area contributed by atoms with Crippen molar-refractivity contribution in [3.8, 4) is 5.75 Å². The van der Waals surface area contributed by atoms with Crippen LogP contribution in [0.3, 0.4) is 0 Å². The fraction of sp³-hybridized carbons (Fsp3) is 0.483. The number of pyridine rings is 1. The van der Waals surface area contributed by atoms with Gasteiger partial charge in [-0.25, -0.2) is 0 Å². The van der Waals surface area contributed by atoms with Gasteiger partial charge in [0.2, 0.25) is 0 Å². The molecular formula is C29H37N3O.